The predicted octanol–water partition coefficient (Wildman–Crippen LogP) is 1.53. The van der Waals surface area contributed by atoms with Crippen molar-refractivity contribution in [2.75, 3.05) is 5.32 Å². The van der Waals surface area contributed by atoms with Crippen molar-refractivity contribution in [3.05, 3.63) is 24.0 Å². The first-order chi connectivity index (χ1) is 5.90. The van der Waals surface area contributed by atoms with Crippen molar-refractivity contribution in [1.82, 2.24) is 4.98 Å². The summed E-state index contributed by atoms with van der Waals surface area (Å²) < 4.78 is 0. The molecule has 0 amide bonds. The summed E-state index contributed by atoms with van der Waals surface area (Å²) in [5.74, 6) is 0. The van der Waals surface area contributed by atoms with Crippen LogP contribution in [0.1, 0.15) is 18.5 Å². The molecule has 0 spiro atoms. The van der Waals surface area contributed by atoms with E-state index in [9.17, 15) is 0 Å². The monoisotopic (exact) mass is 159 g/mol. The first-order valence-electron chi connectivity index (χ1n) is 4.02. The van der Waals surface area contributed by atoms with Gasteiger partial charge in [0.05, 0.1) is 5.69 Å². The molecular formula is C9H9N3. The first kappa shape index (κ1) is 7.11. The molecule has 3 heteroatoms. The van der Waals surface area contributed by atoms with E-state index in [0.29, 0.717) is 11.7 Å². The minimum Gasteiger partial charge on any atom is -0.380 e. The summed E-state index contributed by atoms with van der Waals surface area (Å²) in [6.07, 6.45) is 4.05. The van der Waals surface area contributed by atoms with Crippen LogP contribution in [-0.2, 0) is 0 Å². The zero-order valence-corrected chi connectivity index (χ0v) is 6.62. The number of nitrogens with zero attached hydrogens (tertiary/aromatic N) is 2. The van der Waals surface area contributed by atoms with Gasteiger partial charge in [0.15, 0.2) is 5.69 Å². The Labute approximate surface area is 71.0 Å². The Kier molecular flexibility index (Phi) is 1.67. The van der Waals surface area contributed by atoms with Crippen LogP contribution >= 0.6 is 0 Å². The van der Waals surface area contributed by atoms with Crippen LogP contribution in [0.25, 0.3) is 0 Å². The molecule has 0 radical (unpaired) electrons. The third kappa shape index (κ3) is 1.37. The number of nitrogens with one attached hydrogen (secondary N) is 1. The highest BCUT2D eigenvalue weighted by molar-refractivity contribution is 5.54. The van der Waals surface area contributed by atoms with E-state index < -0.39 is 0 Å². The van der Waals surface area contributed by atoms with E-state index in [2.05, 4.69) is 16.4 Å². The van der Waals surface area contributed by atoms with Gasteiger partial charge in [-0.05, 0) is 25.0 Å². The summed E-state index contributed by atoms with van der Waals surface area (Å²) in [5.41, 5.74) is 1.35. The Hall–Kier alpha value is -1.56. The third-order valence-corrected chi connectivity index (χ3v) is 1.85. The highest BCUT2D eigenvalue weighted by atomic mass is 15.0. The largest absolute Gasteiger partial charge is 0.380 e. The van der Waals surface area contributed by atoms with Crippen LogP contribution in [0.15, 0.2) is 18.3 Å². The van der Waals surface area contributed by atoms with Crippen LogP contribution < -0.4 is 5.32 Å². The zero-order chi connectivity index (χ0) is 8.39. The van der Waals surface area contributed by atoms with E-state index in [1.807, 2.05) is 12.1 Å². The molecule has 0 unspecified atom stereocenters. The van der Waals surface area contributed by atoms with E-state index >= 15 is 0 Å². The number of pyridine rings is 1. The van der Waals surface area contributed by atoms with Crippen LogP contribution in [0.4, 0.5) is 5.69 Å². The van der Waals surface area contributed by atoms with Crippen molar-refractivity contribution >= 4 is 5.69 Å². The number of hydrogen-bond donors (Lipinski definition) is 1. The van der Waals surface area contributed by atoms with Crippen LogP contribution in [0, 0.1) is 11.3 Å². The molecule has 0 bridgehead atoms. The molecule has 1 aromatic heterocycles. The second-order valence-corrected chi connectivity index (χ2v) is 2.93. The molecule has 1 saturated carbocycles. The summed E-state index contributed by atoms with van der Waals surface area (Å²) in [7, 11) is 0. The standard InChI is InChI=1S/C9H9N3/c10-6-9-8(2-1-5-11-9)12-7-3-4-7/h1-2,5,7,12H,3-4H2. The van der Waals surface area contributed by atoms with Gasteiger partial charge in [0, 0.05) is 12.2 Å². The van der Waals surface area contributed by atoms with E-state index in [1.165, 1.54) is 12.8 Å². The molecule has 2 rings (SSSR count). The van der Waals surface area contributed by atoms with Gasteiger partial charge in [-0.15, -0.1) is 0 Å². The van der Waals surface area contributed by atoms with Gasteiger partial charge in [0.25, 0.3) is 0 Å². The second kappa shape index (κ2) is 2.82. The van der Waals surface area contributed by atoms with Crippen molar-refractivity contribution in [2.24, 2.45) is 0 Å². The van der Waals surface area contributed by atoms with Crippen LogP contribution in [-0.4, -0.2) is 11.0 Å². The Morgan fingerprint density at radius 3 is 3.08 bits per heavy atom. The van der Waals surface area contributed by atoms with Crippen LogP contribution in [0.3, 0.4) is 0 Å². The van der Waals surface area contributed by atoms with Crippen molar-refractivity contribution in [2.45, 2.75) is 18.9 Å². The van der Waals surface area contributed by atoms with Gasteiger partial charge >= 0.3 is 0 Å². The lowest BCUT2D eigenvalue weighted by molar-refractivity contribution is 1.13. The lowest BCUT2D eigenvalue weighted by Crippen LogP contribution is -2.03. The summed E-state index contributed by atoms with van der Waals surface area (Å²) >= 11 is 0. The first-order valence-corrected chi connectivity index (χ1v) is 4.02. The molecular weight excluding hydrogens is 150 g/mol. The molecule has 1 fully saturated rings. The molecule has 0 aliphatic heterocycles. The van der Waals surface area contributed by atoms with Gasteiger partial charge in [-0.25, -0.2) is 4.98 Å². The fourth-order valence-electron chi connectivity index (χ4n) is 1.06. The van der Waals surface area contributed by atoms with Crippen molar-refractivity contribution in [3.8, 4) is 6.07 Å². The summed E-state index contributed by atoms with van der Waals surface area (Å²) in [6.45, 7) is 0. The molecule has 1 aliphatic carbocycles. The number of nitriles is 1. The average molecular weight is 159 g/mol. The third-order valence-electron chi connectivity index (χ3n) is 1.85. The Morgan fingerprint density at radius 2 is 2.42 bits per heavy atom. The van der Waals surface area contributed by atoms with Gasteiger partial charge in [0.1, 0.15) is 6.07 Å². The Bertz CT molecular complexity index is 323. The average Bonchev–Trinajstić information content (AvgIpc) is 2.89. The Morgan fingerprint density at radius 1 is 1.58 bits per heavy atom. The number of hydrogen-bond acceptors (Lipinski definition) is 3. The van der Waals surface area contributed by atoms with Gasteiger partial charge in [0.2, 0.25) is 0 Å². The number of anilines is 1. The highest BCUT2D eigenvalue weighted by Crippen LogP contribution is 2.25. The fraction of sp³-hybridized carbons (Fsp3) is 0.333. The number of aromatic nitrogens is 1. The van der Waals surface area contributed by atoms with Crippen molar-refractivity contribution in [1.29, 1.82) is 5.26 Å². The van der Waals surface area contributed by atoms with E-state index in [4.69, 9.17) is 5.26 Å². The van der Waals surface area contributed by atoms with Crippen molar-refractivity contribution < 1.29 is 0 Å². The SMILES string of the molecule is N#Cc1ncccc1NC1CC1. The molecule has 3 nitrogen and oxygen atoms in total. The van der Waals surface area contributed by atoms with E-state index in [1.54, 1.807) is 6.20 Å². The summed E-state index contributed by atoms with van der Waals surface area (Å²) in [6, 6.07) is 6.36. The predicted molar refractivity (Wildman–Crippen MR) is 45.6 cm³/mol. The van der Waals surface area contributed by atoms with E-state index in [-0.39, 0.29) is 0 Å². The highest BCUT2D eigenvalue weighted by Gasteiger charge is 2.21. The maximum Gasteiger partial charge on any atom is 0.163 e. The van der Waals surface area contributed by atoms with Gasteiger partial charge in [-0.1, -0.05) is 0 Å². The van der Waals surface area contributed by atoms with Gasteiger partial charge in [-0.3, -0.25) is 0 Å². The fourth-order valence-corrected chi connectivity index (χ4v) is 1.06. The lowest BCUT2D eigenvalue weighted by atomic mass is 10.3. The van der Waals surface area contributed by atoms with Crippen LogP contribution in [0.2, 0.25) is 0 Å². The molecule has 0 aromatic carbocycles. The normalized spacial score (nSPS) is 15.2. The molecule has 0 atom stereocenters. The molecule has 1 aromatic rings. The van der Waals surface area contributed by atoms with Gasteiger partial charge in [-0.2, -0.15) is 5.26 Å². The zero-order valence-electron chi connectivity index (χ0n) is 6.62. The summed E-state index contributed by atoms with van der Waals surface area (Å²) in [4.78, 5) is 3.95. The maximum atomic E-state index is 8.70. The van der Waals surface area contributed by atoms with Crippen LogP contribution in [0.5, 0.6) is 0 Å². The Balaban J connectivity index is 2.22. The minimum atomic E-state index is 0.490. The maximum absolute atomic E-state index is 8.70. The smallest absolute Gasteiger partial charge is 0.163 e. The quantitative estimate of drug-likeness (QED) is 0.711. The molecule has 12 heavy (non-hydrogen) atoms. The molecule has 0 saturated heterocycles. The lowest BCUT2D eigenvalue weighted by Gasteiger charge is -2.03. The topological polar surface area (TPSA) is 48.7 Å². The number of rotatable bonds is 2. The molecule has 1 N–H and O–H groups in total. The van der Waals surface area contributed by atoms with Crippen molar-refractivity contribution in [3.63, 3.8) is 0 Å². The summed E-state index contributed by atoms with van der Waals surface area (Å²) in [5, 5.41) is 11.9. The van der Waals surface area contributed by atoms with Gasteiger partial charge < -0.3 is 5.32 Å². The molecule has 1 heterocycles. The molecule has 60 valence electrons. The molecule has 1 aliphatic rings. The van der Waals surface area contributed by atoms with E-state index in [0.717, 1.165) is 5.69 Å². The second-order valence-electron chi connectivity index (χ2n) is 2.93. The minimum absolute atomic E-state index is 0.490.